The van der Waals surface area contributed by atoms with Crippen LogP contribution >= 0.6 is 11.6 Å². The van der Waals surface area contributed by atoms with Gasteiger partial charge in [0.1, 0.15) is 0 Å². The molecule has 8 heteroatoms. The van der Waals surface area contributed by atoms with Gasteiger partial charge in [-0.3, -0.25) is 10.1 Å². The zero-order chi connectivity index (χ0) is 14.6. The molecule has 0 aliphatic heterocycles. The van der Waals surface area contributed by atoms with Crippen molar-refractivity contribution < 1.29 is 13.3 Å². The lowest BCUT2D eigenvalue weighted by Crippen LogP contribution is -2.13. The minimum absolute atomic E-state index is 0.218. The van der Waals surface area contributed by atoms with Gasteiger partial charge >= 0.3 is 0 Å². The van der Waals surface area contributed by atoms with Gasteiger partial charge in [0.15, 0.2) is 0 Å². The molecule has 0 amide bonds. The highest BCUT2D eigenvalue weighted by molar-refractivity contribution is 7.89. The second-order valence-electron chi connectivity index (χ2n) is 4.18. The topological polar surface area (TPSA) is 103 Å². The third kappa shape index (κ3) is 4.45. The fourth-order valence-corrected chi connectivity index (χ4v) is 2.64. The van der Waals surface area contributed by atoms with Crippen molar-refractivity contribution in [1.29, 1.82) is 0 Å². The van der Waals surface area contributed by atoms with Crippen molar-refractivity contribution in [2.45, 2.75) is 36.5 Å². The van der Waals surface area contributed by atoms with Crippen LogP contribution in [-0.2, 0) is 16.4 Å². The number of primary sulfonamides is 1. The number of hydrogen-bond donors (Lipinski definition) is 1. The lowest BCUT2D eigenvalue weighted by molar-refractivity contribution is -0.385. The first-order valence-electron chi connectivity index (χ1n) is 5.70. The van der Waals surface area contributed by atoms with Crippen molar-refractivity contribution in [3.63, 3.8) is 0 Å². The van der Waals surface area contributed by atoms with Crippen molar-refractivity contribution in [3.05, 3.63) is 33.9 Å². The molecule has 0 aliphatic rings. The number of nitrogens with two attached hydrogens (primary N) is 1. The van der Waals surface area contributed by atoms with Crippen molar-refractivity contribution in [1.82, 2.24) is 0 Å². The number of rotatable bonds is 6. The van der Waals surface area contributed by atoms with Crippen molar-refractivity contribution in [2.75, 3.05) is 0 Å². The molecule has 0 bridgehead atoms. The summed E-state index contributed by atoms with van der Waals surface area (Å²) in [4.78, 5) is 10.1. The summed E-state index contributed by atoms with van der Waals surface area (Å²) < 4.78 is 22.3. The highest BCUT2D eigenvalue weighted by atomic mass is 35.5. The Hall–Kier alpha value is -1.18. The predicted octanol–water partition coefficient (Wildman–Crippen LogP) is 2.19. The van der Waals surface area contributed by atoms with E-state index in [1.165, 1.54) is 12.1 Å². The SMILES string of the molecule is CCCC(Cl)Cc1ccc(S(N)(=O)=O)cc1[N+](=O)[O-]. The Balaban J connectivity index is 3.16. The van der Waals surface area contributed by atoms with Gasteiger partial charge in [-0.25, -0.2) is 13.6 Å². The molecule has 2 N–H and O–H groups in total. The van der Waals surface area contributed by atoms with E-state index in [1.807, 2.05) is 6.92 Å². The lowest BCUT2D eigenvalue weighted by atomic mass is 10.1. The number of sulfonamides is 1. The molecule has 1 unspecified atom stereocenters. The number of nitro groups is 1. The molecule has 0 saturated carbocycles. The molecule has 1 aromatic rings. The Morgan fingerprint density at radius 3 is 2.58 bits per heavy atom. The van der Waals surface area contributed by atoms with Gasteiger partial charge in [0.25, 0.3) is 5.69 Å². The van der Waals surface area contributed by atoms with Crippen LogP contribution in [0.1, 0.15) is 25.3 Å². The number of nitrogens with zero attached hydrogens (tertiary/aromatic N) is 1. The van der Waals surface area contributed by atoms with Crippen molar-refractivity contribution in [2.24, 2.45) is 5.14 Å². The van der Waals surface area contributed by atoms with Gasteiger partial charge in [0, 0.05) is 17.0 Å². The fraction of sp³-hybridized carbons (Fsp3) is 0.455. The van der Waals surface area contributed by atoms with Crippen LogP contribution in [0.4, 0.5) is 5.69 Å². The van der Waals surface area contributed by atoms with Crippen LogP contribution in [0.2, 0.25) is 0 Å². The molecular formula is C11H15ClN2O4S. The number of alkyl halides is 1. The third-order valence-electron chi connectivity index (χ3n) is 2.63. The summed E-state index contributed by atoms with van der Waals surface area (Å²) in [6, 6.07) is 3.62. The second-order valence-corrected chi connectivity index (χ2v) is 6.36. The van der Waals surface area contributed by atoms with Crippen LogP contribution in [0, 0.1) is 10.1 Å². The van der Waals surface area contributed by atoms with E-state index in [0.717, 1.165) is 18.9 Å². The third-order valence-corrected chi connectivity index (χ3v) is 3.91. The maximum atomic E-state index is 11.2. The summed E-state index contributed by atoms with van der Waals surface area (Å²) in [6.45, 7) is 1.97. The maximum absolute atomic E-state index is 11.2. The lowest BCUT2D eigenvalue weighted by Gasteiger charge is -2.09. The van der Waals surface area contributed by atoms with Crippen LogP contribution < -0.4 is 5.14 Å². The predicted molar refractivity (Wildman–Crippen MR) is 72.7 cm³/mol. The van der Waals surface area contributed by atoms with Crippen LogP contribution in [-0.4, -0.2) is 18.7 Å². The molecule has 1 rings (SSSR count). The standard InChI is InChI=1S/C11H15ClN2O4S/c1-2-3-9(12)6-8-4-5-10(19(13,17)18)7-11(8)14(15)16/h4-5,7,9H,2-3,6H2,1H3,(H2,13,17,18). The molecule has 106 valence electrons. The Kier molecular flexibility index (Phi) is 5.28. The summed E-state index contributed by atoms with van der Waals surface area (Å²) in [5.74, 6) is 0. The average molecular weight is 307 g/mol. The van der Waals surface area contributed by atoms with Crippen molar-refractivity contribution >= 4 is 27.3 Å². The molecule has 0 fully saturated rings. The summed E-state index contributed by atoms with van der Waals surface area (Å²) in [5, 5.41) is 15.7. The quantitative estimate of drug-likeness (QED) is 0.494. The van der Waals surface area contributed by atoms with Crippen LogP contribution in [0.3, 0.4) is 0 Å². The molecule has 0 aromatic heterocycles. The van der Waals surface area contributed by atoms with Gasteiger partial charge < -0.3 is 0 Å². The second kappa shape index (κ2) is 6.31. The van der Waals surface area contributed by atoms with Crippen LogP contribution in [0.15, 0.2) is 23.1 Å². The number of hydrogen-bond acceptors (Lipinski definition) is 4. The van der Waals surface area contributed by atoms with Gasteiger partial charge in [0.05, 0.1) is 9.82 Å². The fourth-order valence-electron chi connectivity index (χ4n) is 1.72. The van der Waals surface area contributed by atoms with Gasteiger partial charge in [0.2, 0.25) is 10.0 Å². The highest BCUT2D eigenvalue weighted by Gasteiger charge is 2.20. The summed E-state index contributed by atoms with van der Waals surface area (Å²) in [5.41, 5.74) is 0.138. The number of benzene rings is 1. The van der Waals surface area contributed by atoms with E-state index in [-0.39, 0.29) is 16.0 Å². The van der Waals surface area contributed by atoms with E-state index >= 15 is 0 Å². The highest BCUT2D eigenvalue weighted by Crippen LogP contribution is 2.25. The van der Waals surface area contributed by atoms with Crippen LogP contribution in [0.25, 0.3) is 0 Å². The van der Waals surface area contributed by atoms with Gasteiger partial charge in [-0.05, 0) is 18.9 Å². The summed E-state index contributed by atoms with van der Waals surface area (Å²) in [7, 11) is -3.95. The normalized spacial score (nSPS) is 13.2. The minimum atomic E-state index is -3.95. The zero-order valence-electron chi connectivity index (χ0n) is 10.4. The largest absolute Gasteiger partial charge is 0.273 e. The Morgan fingerprint density at radius 2 is 2.11 bits per heavy atom. The molecule has 1 atom stereocenters. The van der Waals surface area contributed by atoms with E-state index in [0.29, 0.717) is 12.0 Å². The number of halogens is 1. The first-order chi connectivity index (χ1) is 8.75. The first kappa shape index (κ1) is 15.9. The molecule has 19 heavy (non-hydrogen) atoms. The monoisotopic (exact) mass is 306 g/mol. The molecule has 0 heterocycles. The van der Waals surface area contributed by atoms with Crippen LogP contribution in [0.5, 0.6) is 0 Å². The number of nitro benzene ring substituents is 1. The molecular weight excluding hydrogens is 292 g/mol. The molecule has 1 aromatic carbocycles. The van der Waals surface area contributed by atoms with Gasteiger partial charge in [-0.1, -0.05) is 19.4 Å². The molecule has 0 aliphatic carbocycles. The van der Waals surface area contributed by atoms with E-state index in [2.05, 4.69) is 0 Å². The Labute approximate surface area is 116 Å². The average Bonchev–Trinajstić information content (AvgIpc) is 2.27. The van der Waals surface area contributed by atoms with E-state index < -0.39 is 14.9 Å². The van der Waals surface area contributed by atoms with Gasteiger partial charge in [-0.15, -0.1) is 11.6 Å². The zero-order valence-corrected chi connectivity index (χ0v) is 11.9. The van der Waals surface area contributed by atoms with E-state index in [4.69, 9.17) is 16.7 Å². The Bertz CT molecular complexity index is 574. The maximum Gasteiger partial charge on any atom is 0.273 e. The van der Waals surface area contributed by atoms with Gasteiger partial charge in [-0.2, -0.15) is 0 Å². The Morgan fingerprint density at radius 1 is 1.47 bits per heavy atom. The van der Waals surface area contributed by atoms with Crippen molar-refractivity contribution in [3.8, 4) is 0 Å². The van der Waals surface area contributed by atoms with E-state index in [9.17, 15) is 18.5 Å². The summed E-state index contributed by atoms with van der Waals surface area (Å²) >= 11 is 6.06. The smallest absolute Gasteiger partial charge is 0.258 e. The summed E-state index contributed by atoms with van der Waals surface area (Å²) in [6.07, 6.45) is 1.92. The minimum Gasteiger partial charge on any atom is -0.258 e. The molecule has 0 spiro atoms. The molecule has 0 radical (unpaired) electrons. The van der Waals surface area contributed by atoms with E-state index in [1.54, 1.807) is 0 Å². The molecule has 6 nitrogen and oxygen atoms in total. The molecule has 0 saturated heterocycles. The first-order valence-corrected chi connectivity index (χ1v) is 7.68.